The van der Waals surface area contributed by atoms with Gasteiger partial charge in [0.25, 0.3) is 0 Å². The maximum atomic E-state index is 13.0. The topological polar surface area (TPSA) is 41.0 Å². The van der Waals surface area contributed by atoms with Gasteiger partial charge in [0.2, 0.25) is 0 Å². The molecule has 0 aliphatic heterocycles. The average molecular weight is 308 g/mol. The lowest BCUT2D eigenvalue weighted by Crippen LogP contribution is -2.27. The van der Waals surface area contributed by atoms with E-state index in [9.17, 15) is 4.39 Å². The van der Waals surface area contributed by atoms with Crippen LogP contribution in [0.2, 0.25) is 0 Å². The minimum Gasteiger partial charge on any atom is -0.309 e. The summed E-state index contributed by atoms with van der Waals surface area (Å²) in [6.07, 6.45) is 2.20. The molecule has 0 aliphatic rings. The summed E-state index contributed by atoms with van der Waals surface area (Å²) in [5.41, 5.74) is 3.84. The van der Waals surface area contributed by atoms with Crippen LogP contribution in [-0.4, -0.2) is 35.0 Å². The first kappa shape index (κ1) is 16.0. The number of hydrogen-bond acceptors (Lipinski definition) is 5. The second kappa shape index (κ2) is 8.17. The van der Waals surface area contributed by atoms with Gasteiger partial charge in [0.1, 0.15) is 5.82 Å². The molecule has 0 amide bonds. The summed E-state index contributed by atoms with van der Waals surface area (Å²) >= 11 is 1.62. The van der Waals surface area contributed by atoms with E-state index in [-0.39, 0.29) is 11.9 Å². The van der Waals surface area contributed by atoms with Gasteiger partial charge in [-0.25, -0.2) is 9.37 Å². The molecule has 21 heavy (non-hydrogen) atoms. The Bertz CT molecular complexity index is 515. The van der Waals surface area contributed by atoms with E-state index in [0.717, 1.165) is 37.4 Å². The highest BCUT2D eigenvalue weighted by atomic mass is 32.1. The first-order valence-corrected chi connectivity index (χ1v) is 8.03. The molecule has 0 bridgehead atoms. The molecule has 0 fully saturated rings. The van der Waals surface area contributed by atoms with E-state index in [1.807, 2.05) is 5.51 Å². The molecule has 4 nitrogen and oxygen atoms in total. The van der Waals surface area contributed by atoms with Gasteiger partial charge in [-0.15, -0.1) is 11.3 Å². The van der Waals surface area contributed by atoms with Crippen molar-refractivity contribution in [2.24, 2.45) is 0 Å². The van der Waals surface area contributed by atoms with E-state index in [1.54, 1.807) is 17.4 Å². The molecular weight excluding hydrogens is 287 g/mol. The Morgan fingerprint density at radius 1 is 1.38 bits per heavy atom. The molecule has 2 aromatic rings. The van der Waals surface area contributed by atoms with Crippen LogP contribution in [0, 0.1) is 5.82 Å². The molecule has 1 atom stereocenters. The summed E-state index contributed by atoms with van der Waals surface area (Å²) < 4.78 is 13.0. The third kappa shape index (κ3) is 5.15. The van der Waals surface area contributed by atoms with Gasteiger partial charge in [-0.2, -0.15) is 0 Å². The molecule has 0 saturated heterocycles. The first-order chi connectivity index (χ1) is 10.2. The molecule has 0 saturated carbocycles. The smallest absolute Gasteiger partial charge is 0.141 e. The number of rotatable bonds is 8. The van der Waals surface area contributed by atoms with Crippen LogP contribution in [-0.2, 0) is 6.54 Å². The van der Waals surface area contributed by atoms with E-state index in [4.69, 9.17) is 0 Å². The highest BCUT2D eigenvalue weighted by Crippen LogP contribution is 2.15. The van der Waals surface area contributed by atoms with Crippen molar-refractivity contribution in [2.75, 3.05) is 20.1 Å². The second-order valence-electron chi connectivity index (χ2n) is 5.02. The summed E-state index contributed by atoms with van der Waals surface area (Å²) in [5, 5.41) is 5.48. The molecule has 2 heterocycles. The monoisotopic (exact) mass is 308 g/mol. The van der Waals surface area contributed by atoms with Gasteiger partial charge in [-0.3, -0.25) is 4.98 Å². The molecule has 1 unspecified atom stereocenters. The van der Waals surface area contributed by atoms with Crippen LogP contribution in [0.3, 0.4) is 0 Å². The quantitative estimate of drug-likeness (QED) is 0.814. The first-order valence-electron chi connectivity index (χ1n) is 7.09. The van der Waals surface area contributed by atoms with Crippen molar-refractivity contribution in [3.05, 3.63) is 46.4 Å². The number of aromatic nitrogens is 2. The van der Waals surface area contributed by atoms with Crippen molar-refractivity contribution >= 4 is 11.3 Å². The van der Waals surface area contributed by atoms with Gasteiger partial charge in [0.15, 0.2) is 0 Å². The maximum Gasteiger partial charge on any atom is 0.141 e. The lowest BCUT2D eigenvalue weighted by molar-refractivity contribution is 0.297. The van der Waals surface area contributed by atoms with Crippen LogP contribution in [0.1, 0.15) is 30.8 Å². The number of pyridine rings is 1. The summed E-state index contributed by atoms with van der Waals surface area (Å²) in [5.74, 6) is -0.297. The van der Waals surface area contributed by atoms with Gasteiger partial charge in [-0.1, -0.05) is 6.92 Å². The minimum absolute atomic E-state index is 0.147. The number of halogens is 1. The Hall–Kier alpha value is -1.37. The summed E-state index contributed by atoms with van der Waals surface area (Å²) in [7, 11) is 2.08. The lowest BCUT2D eigenvalue weighted by atomic mass is 10.1. The largest absolute Gasteiger partial charge is 0.309 e. The Kier molecular flexibility index (Phi) is 6.22. The van der Waals surface area contributed by atoms with Crippen molar-refractivity contribution in [1.82, 2.24) is 20.2 Å². The van der Waals surface area contributed by atoms with E-state index in [1.165, 1.54) is 12.3 Å². The predicted octanol–water partition coefficient (Wildman–Crippen LogP) is 2.85. The fourth-order valence-electron chi connectivity index (χ4n) is 2.22. The third-order valence-electron chi connectivity index (χ3n) is 3.27. The van der Waals surface area contributed by atoms with Crippen molar-refractivity contribution in [1.29, 1.82) is 0 Å². The molecule has 0 aromatic carbocycles. The van der Waals surface area contributed by atoms with Gasteiger partial charge in [0, 0.05) is 18.5 Å². The van der Waals surface area contributed by atoms with Crippen LogP contribution in [0.4, 0.5) is 4.39 Å². The fourth-order valence-corrected chi connectivity index (χ4v) is 2.76. The van der Waals surface area contributed by atoms with Crippen molar-refractivity contribution in [3.8, 4) is 0 Å². The van der Waals surface area contributed by atoms with Crippen LogP contribution in [0.15, 0.2) is 29.2 Å². The van der Waals surface area contributed by atoms with E-state index >= 15 is 0 Å². The zero-order valence-corrected chi connectivity index (χ0v) is 13.2. The number of hydrogen-bond donors (Lipinski definition) is 1. The SMILES string of the molecule is CCNC(CCN(C)Cc1cscn1)c1ccc(F)cn1. The van der Waals surface area contributed by atoms with Gasteiger partial charge in [-0.05, 0) is 32.1 Å². The molecule has 1 N–H and O–H groups in total. The summed E-state index contributed by atoms with van der Waals surface area (Å²) in [4.78, 5) is 10.7. The van der Waals surface area contributed by atoms with Gasteiger partial charge >= 0.3 is 0 Å². The van der Waals surface area contributed by atoms with E-state index in [2.05, 4.69) is 39.5 Å². The van der Waals surface area contributed by atoms with Crippen LogP contribution in [0.25, 0.3) is 0 Å². The molecule has 2 rings (SSSR count). The highest BCUT2D eigenvalue weighted by Gasteiger charge is 2.13. The highest BCUT2D eigenvalue weighted by molar-refractivity contribution is 7.07. The lowest BCUT2D eigenvalue weighted by Gasteiger charge is -2.21. The second-order valence-corrected chi connectivity index (χ2v) is 5.74. The Labute approximate surface area is 129 Å². The minimum atomic E-state index is -0.297. The predicted molar refractivity (Wildman–Crippen MR) is 83.7 cm³/mol. The van der Waals surface area contributed by atoms with Crippen LogP contribution in [0.5, 0.6) is 0 Å². The van der Waals surface area contributed by atoms with Crippen molar-refractivity contribution < 1.29 is 4.39 Å². The standard InChI is InChI=1S/C15H21FN4S/c1-3-17-15(14-5-4-12(16)8-18-14)6-7-20(2)9-13-10-21-11-19-13/h4-5,8,10-11,15,17H,3,6-7,9H2,1-2H3. The molecule has 114 valence electrons. The number of nitrogens with zero attached hydrogens (tertiary/aromatic N) is 3. The molecular formula is C15H21FN4S. The zero-order valence-electron chi connectivity index (χ0n) is 12.4. The normalized spacial score (nSPS) is 12.8. The molecule has 6 heteroatoms. The Morgan fingerprint density at radius 3 is 2.86 bits per heavy atom. The van der Waals surface area contributed by atoms with E-state index in [0.29, 0.717) is 0 Å². The van der Waals surface area contributed by atoms with Gasteiger partial charge in [0.05, 0.1) is 29.1 Å². The zero-order chi connectivity index (χ0) is 15.1. The fraction of sp³-hybridized carbons (Fsp3) is 0.467. The third-order valence-corrected chi connectivity index (χ3v) is 3.91. The van der Waals surface area contributed by atoms with Crippen LogP contribution < -0.4 is 5.32 Å². The number of nitrogens with one attached hydrogen (secondary N) is 1. The van der Waals surface area contributed by atoms with Gasteiger partial charge < -0.3 is 10.2 Å². The summed E-state index contributed by atoms with van der Waals surface area (Å²) in [6, 6.07) is 3.36. The number of thiazole rings is 1. The molecule has 0 spiro atoms. The Balaban J connectivity index is 1.88. The maximum absolute atomic E-state index is 13.0. The molecule has 2 aromatic heterocycles. The van der Waals surface area contributed by atoms with Crippen LogP contribution >= 0.6 is 11.3 Å². The summed E-state index contributed by atoms with van der Waals surface area (Å²) in [6.45, 7) is 4.70. The Morgan fingerprint density at radius 2 is 2.24 bits per heavy atom. The van der Waals surface area contributed by atoms with Crippen molar-refractivity contribution in [3.63, 3.8) is 0 Å². The molecule has 0 aliphatic carbocycles. The average Bonchev–Trinajstić information content (AvgIpc) is 2.97. The molecule has 0 radical (unpaired) electrons. The van der Waals surface area contributed by atoms with Crippen molar-refractivity contribution in [2.45, 2.75) is 25.9 Å². The van der Waals surface area contributed by atoms with E-state index < -0.39 is 0 Å².